The summed E-state index contributed by atoms with van der Waals surface area (Å²) < 4.78 is 0. The summed E-state index contributed by atoms with van der Waals surface area (Å²) in [6.07, 6.45) is 4.78. The van der Waals surface area contributed by atoms with Crippen LogP contribution in [0.15, 0.2) is 36.7 Å². The van der Waals surface area contributed by atoms with E-state index in [1.807, 2.05) is 24.3 Å². The van der Waals surface area contributed by atoms with Crippen LogP contribution in [-0.2, 0) is 11.3 Å². The first-order chi connectivity index (χ1) is 13.3. The van der Waals surface area contributed by atoms with Crippen molar-refractivity contribution in [2.75, 3.05) is 11.9 Å². The number of pyridine rings is 2. The van der Waals surface area contributed by atoms with E-state index in [4.69, 9.17) is 0 Å². The summed E-state index contributed by atoms with van der Waals surface area (Å²) in [5.41, 5.74) is 1.42. The average molecular weight is 379 g/mol. The molecule has 0 spiro atoms. The van der Waals surface area contributed by atoms with Crippen LogP contribution in [0.2, 0.25) is 0 Å². The molecule has 2 aromatic rings. The van der Waals surface area contributed by atoms with Gasteiger partial charge in [-0.15, -0.1) is 0 Å². The largest absolute Gasteiger partial charge is 0.354 e. The highest BCUT2D eigenvalue weighted by Gasteiger charge is 2.58. The van der Waals surface area contributed by atoms with Crippen LogP contribution in [0.25, 0.3) is 0 Å². The molecule has 146 valence electrons. The van der Waals surface area contributed by atoms with Crippen molar-refractivity contribution in [3.8, 4) is 0 Å². The zero-order valence-corrected chi connectivity index (χ0v) is 16.5. The molecular weight excluding hydrogens is 354 g/mol. The Labute approximate surface area is 164 Å². The van der Waals surface area contributed by atoms with Gasteiger partial charge in [0.1, 0.15) is 17.1 Å². The summed E-state index contributed by atoms with van der Waals surface area (Å²) in [5.74, 6) is 0.373. The van der Waals surface area contributed by atoms with Gasteiger partial charge in [-0.1, -0.05) is 26.8 Å². The van der Waals surface area contributed by atoms with E-state index in [0.717, 1.165) is 11.3 Å². The highest BCUT2D eigenvalue weighted by atomic mass is 16.2. The normalized spacial score (nSPS) is 17.2. The van der Waals surface area contributed by atoms with Crippen LogP contribution in [0.5, 0.6) is 0 Å². The molecule has 2 aromatic heterocycles. The molecule has 1 fully saturated rings. The number of carbonyl (C=O) groups excluding carboxylic acids is 2. The van der Waals surface area contributed by atoms with Gasteiger partial charge in [-0.05, 0) is 36.5 Å². The fraction of sp³-hybridized carbons (Fsp3) is 0.429. The molecule has 2 amide bonds. The van der Waals surface area contributed by atoms with Crippen molar-refractivity contribution >= 4 is 23.3 Å². The molecule has 2 N–H and O–H groups in total. The lowest BCUT2D eigenvalue weighted by molar-refractivity contribution is -0.127. The maximum atomic E-state index is 13.0. The van der Waals surface area contributed by atoms with Gasteiger partial charge in [0.2, 0.25) is 5.91 Å². The zero-order valence-electron chi connectivity index (χ0n) is 16.5. The molecule has 7 heteroatoms. The van der Waals surface area contributed by atoms with Crippen LogP contribution < -0.4 is 10.6 Å². The van der Waals surface area contributed by atoms with Crippen LogP contribution >= 0.6 is 0 Å². The highest BCUT2D eigenvalue weighted by Crippen LogP contribution is 2.46. The van der Waals surface area contributed by atoms with Crippen LogP contribution in [0, 0.1) is 5.41 Å². The van der Waals surface area contributed by atoms with Crippen LogP contribution in [0.1, 0.15) is 49.7 Å². The Morgan fingerprint density at radius 2 is 1.89 bits per heavy atom. The summed E-state index contributed by atoms with van der Waals surface area (Å²) in [7, 11) is 0. The second kappa shape index (κ2) is 6.58. The lowest BCUT2D eigenvalue weighted by Crippen LogP contribution is -2.50. The molecule has 3 heterocycles. The summed E-state index contributed by atoms with van der Waals surface area (Å²) in [6, 6.07) is 7.44. The number of fused-ring (bicyclic) bond motifs is 1. The highest BCUT2D eigenvalue weighted by molar-refractivity contribution is 6.02. The van der Waals surface area contributed by atoms with E-state index >= 15 is 0 Å². The number of carbonyl (C=O) groups is 2. The van der Waals surface area contributed by atoms with Crippen LogP contribution in [0.3, 0.4) is 0 Å². The summed E-state index contributed by atoms with van der Waals surface area (Å²) in [4.78, 5) is 36.1. The smallest absolute Gasteiger partial charge is 0.274 e. The van der Waals surface area contributed by atoms with Gasteiger partial charge in [-0.3, -0.25) is 14.6 Å². The third-order valence-electron chi connectivity index (χ3n) is 5.15. The lowest BCUT2D eigenvalue weighted by Gasteiger charge is -2.28. The van der Waals surface area contributed by atoms with Crippen molar-refractivity contribution in [2.24, 2.45) is 5.41 Å². The van der Waals surface area contributed by atoms with E-state index in [1.165, 1.54) is 0 Å². The molecule has 1 aliphatic heterocycles. The van der Waals surface area contributed by atoms with E-state index < -0.39 is 5.54 Å². The Hall–Kier alpha value is -2.96. The summed E-state index contributed by atoms with van der Waals surface area (Å²) in [5, 5.41) is 6.20. The molecule has 1 aliphatic carbocycles. The molecular formula is C21H25N5O2. The number of amides is 2. The van der Waals surface area contributed by atoms with Gasteiger partial charge < -0.3 is 15.5 Å². The van der Waals surface area contributed by atoms with Crippen molar-refractivity contribution in [3.63, 3.8) is 0 Å². The van der Waals surface area contributed by atoms with Gasteiger partial charge >= 0.3 is 0 Å². The molecule has 1 saturated carbocycles. The second-order valence-electron chi connectivity index (χ2n) is 8.73. The molecule has 0 atom stereocenters. The Morgan fingerprint density at radius 1 is 1.18 bits per heavy atom. The number of aromatic nitrogens is 2. The molecule has 2 aliphatic rings. The molecule has 0 aromatic carbocycles. The number of hydrogen-bond acceptors (Lipinski definition) is 5. The minimum atomic E-state index is -0.721. The van der Waals surface area contributed by atoms with E-state index in [-0.39, 0.29) is 17.2 Å². The molecule has 0 bridgehead atoms. The van der Waals surface area contributed by atoms with Crippen molar-refractivity contribution < 1.29 is 9.59 Å². The van der Waals surface area contributed by atoms with Gasteiger partial charge in [0.25, 0.3) is 5.91 Å². The third-order valence-corrected chi connectivity index (χ3v) is 5.15. The molecule has 7 nitrogen and oxygen atoms in total. The number of rotatable bonds is 5. The zero-order chi connectivity index (χ0) is 19.9. The predicted octanol–water partition coefficient (Wildman–Crippen LogP) is 2.87. The molecule has 0 radical (unpaired) electrons. The van der Waals surface area contributed by atoms with Crippen molar-refractivity contribution in [3.05, 3.63) is 47.9 Å². The average Bonchev–Trinajstić information content (AvgIpc) is 3.40. The first-order valence-corrected chi connectivity index (χ1v) is 9.56. The first kappa shape index (κ1) is 18.4. The van der Waals surface area contributed by atoms with Gasteiger partial charge in [-0.2, -0.15) is 0 Å². The van der Waals surface area contributed by atoms with Crippen molar-refractivity contribution in [2.45, 2.75) is 45.7 Å². The molecule has 0 saturated heterocycles. The summed E-state index contributed by atoms with van der Waals surface area (Å²) in [6.45, 7) is 7.24. The third kappa shape index (κ3) is 3.44. The van der Waals surface area contributed by atoms with Crippen LogP contribution in [-0.4, -0.2) is 38.8 Å². The predicted molar refractivity (Wildman–Crippen MR) is 106 cm³/mol. The SMILES string of the molecule is CC(C)(C)CNC(=O)C1(N2Cc3ccc(Nc4ccncc4)nc3C2=O)CC1. The van der Waals surface area contributed by atoms with Gasteiger partial charge in [-0.25, -0.2) is 4.98 Å². The van der Waals surface area contributed by atoms with Crippen LogP contribution in [0.4, 0.5) is 11.5 Å². The van der Waals surface area contributed by atoms with Crippen molar-refractivity contribution in [1.29, 1.82) is 0 Å². The van der Waals surface area contributed by atoms with Gasteiger partial charge in [0, 0.05) is 36.7 Å². The summed E-state index contributed by atoms with van der Waals surface area (Å²) >= 11 is 0. The number of hydrogen-bond donors (Lipinski definition) is 2. The monoisotopic (exact) mass is 379 g/mol. The fourth-order valence-corrected chi connectivity index (χ4v) is 3.42. The molecule has 4 rings (SSSR count). The minimum Gasteiger partial charge on any atom is -0.354 e. The Bertz CT molecular complexity index is 916. The Kier molecular flexibility index (Phi) is 4.33. The lowest BCUT2D eigenvalue weighted by atomic mass is 9.97. The molecule has 0 unspecified atom stereocenters. The maximum Gasteiger partial charge on any atom is 0.274 e. The fourth-order valence-electron chi connectivity index (χ4n) is 3.42. The second-order valence-corrected chi connectivity index (χ2v) is 8.73. The first-order valence-electron chi connectivity index (χ1n) is 9.56. The van der Waals surface area contributed by atoms with E-state index in [9.17, 15) is 9.59 Å². The van der Waals surface area contributed by atoms with E-state index in [2.05, 4.69) is 41.4 Å². The number of anilines is 2. The maximum absolute atomic E-state index is 13.0. The minimum absolute atomic E-state index is 0.00118. The van der Waals surface area contributed by atoms with Crippen molar-refractivity contribution in [1.82, 2.24) is 20.2 Å². The Morgan fingerprint density at radius 3 is 2.54 bits per heavy atom. The quantitative estimate of drug-likeness (QED) is 0.834. The van der Waals surface area contributed by atoms with Gasteiger partial charge in [0.15, 0.2) is 0 Å². The molecule has 28 heavy (non-hydrogen) atoms. The standard InChI is InChI=1S/C21H25N5O2/c1-20(2,3)13-23-19(28)21(8-9-21)26-12-14-4-5-16(25-17(14)18(26)27)24-15-6-10-22-11-7-15/h4-7,10-11H,8-9,12-13H2,1-3H3,(H,23,28)(H,22,24,25). The van der Waals surface area contributed by atoms with E-state index in [0.29, 0.717) is 37.4 Å². The van der Waals surface area contributed by atoms with E-state index in [1.54, 1.807) is 17.3 Å². The number of nitrogens with one attached hydrogen (secondary N) is 2. The topological polar surface area (TPSA) is 87.2 Å². The number of nitrogens with zero attached hydrogens (tertiary/aromatic N) is 3. The Balaban J connectivity index is 1.51. The van der Waals surface area contributed by atoms with Gasteiger partial charge in [0.05, 0.1) is 0 Å².